The van der Waals surface area contributed by atoms with E-state index in [-0.39, 0.29) is 0 Å². The van der Waals surface area contributed by atoms with Crippen LogP contribution in [0.4, 0.5) is 0 Å². The van der Waals surface area contributed by atoms with Crippen LogP contribution >= 0.6 is 0 Å². The Kier molecular flexibility index (Phi) is 4.06. The summed E-state index contributed by atoms with van der Waals surface area (Å²) in [6, 6.07) is 3.80. The highest BCUT2D eigenvalue weighted by atomic mass is 14.9. The Balaban J connectivity index is 0.000000371. The molecule has 0 amide bonds. The number of rotatable bonds is 0. The molecular weight excluding hydrogens is 124 g/mol. The highest BCUT2D eigenvalue weighted by Gasteiger charge is 1.86. The van der Waals surface area contributed by atoms with Crippen molar-refractivity contribution < 1.29 is 0 Å². The van der Waals surface area contributed by atoms with Crippen molar-refractivity contribution in [3.05, 3.63) is 24.0 Å². The maximum Gasteiger partial charge on any atom is 0.101 e. The fourth-order valence-electron chi connectivity index (χ4n) is 0.569. The number of nitriles is 1. The molecule has 0 aromatic carbocycles. The smallest absolute Gasteiger partial charge is 0.101 e. The van der Waals surface area contributed by atoms with Crippen LogP contribution in [0.5, 0.6) is 0 Å². The second-order valence-corrected chi connectivity index (χ2v) is 1.68. The molecular formula is C8H12N2. The molecule has 54 valence electrons. The first-order chi connectivity index (χ1) is 4.83. The van der Waals surface area contributed by atoms with Gasteiger partial charge in [-0.1, -0.05) is 13.8 Å². The van der Waals surface area contributed by atoms with Gasteiger partial charge in [0.05, 0.1) is 5.56 Å². The molecule has 0 saturated heterocycles. The summed E-state index contributed by atoms with van der Waals surface area (Å²) in [7, 11) is 1.89. The Labute approximate surface area is 61.7 Å². The minimum absolute atomic E-state index is 0.715. The predicted molar refractivity (Wildman–Crippen MR) is 41.5 cm³/mol. The Morgan fingerprint density at radius 3 is 2.30 bits per heavy atom. The summed E-state index contributed by atoms with van der Waals surface area (Å²) in [4.78, 5) is 0. The Bertz CT molecular complexity index is 217. The molecule has 2 nitrogen and oxygen atoms in total. The van der Waals surface area contributed by atoms with Crippen molar-refractivity contribution in [3.8, 4) is 6.07 Å². The molecule has 0 fully saturated rings. The van der Waals surface area contributed by atoms with Crippen LogP contribution in [0.3, 0.4) is 0 Å². The van der Waals surface area contributed by atoms with Crippen LogP contribution < -0.4 is 0 Å². The van der Waals surface area contributed by atoms with Crippen LogP contribution in [0.15, 0.2) is 18.5 Å². The van der Waals surface area contributed by atoms with E-state index < -0.39 is 0 Å². The third-order valence-electron chi connectivity index (χ3n) is 0.961. The van der Waals surface area contributed by atoms with Crippen LogP contribution in [0.25, 0.3) is 0 Å². The molecule has 0 atom stereocenters. The van der Waals surface area contributed by atoms with Crippen LogP contribution in [0.2, 0.25) is 0 Å². The van der Waals surface area contributed by atoms with Gasteiger partial charge < -0.3 is 4.57 Å². The van der Waals surface area contributed by atoms with Crippen molar-refractivity contribution in [1.29, 1.82) is 5.26 Å². The van der Waals surface area contributed by atoms with Crippen LogP contribution in [0, 0.1) is 11.3 Å². The van der Waals surface area contributed by atoms with Crippen molar-refractivity contribution in [2.75, 3.05) is 0 Å². The Morgan fingerprint density at radius 1 is 1.50 bits per heavy atom. The topological polar surface area (TPSA) is 28.7 Å². The molecule has 1 aromatic rings. The molecule has 0 N–H and O–H groups in total. The van der Waals surface area contributed by atoms with Gasteiger partial charge in [0.25, 0.3) is 0 Å². The normalized spacial score (nSPS) is 7.40. The quantitative estimate of drug-likeness (QED) is 0.535. The third-order valence-corrected chi connectivity index (χ3v) is 0.961. The van der Waals surface area contributed by atoms with E-state index in [1.54, 1.807) is 12.3 Å². The lowest BCUT2D eigenvalue weighted by Gasteiger charge is -1.80. The summed E-state index contributed by atoms with van der Waals surface area (Å²) in [6.07, 6.45) is 3.62. The number of aryl methyl sites for hydroxylation is 1. The van der Waals surface area contributed by atoms with Gasteiger partial charge in [0.15, 0.2) is 0 Å². The van der Waals surface area contributed by atoms with Gasteiger partial charge in [0.2, 0.25) is 0 Å². The van der Waals surface area contributed by atoms with Gasteiger partial charge in [-0.3, -0.25) is 0 Å². The van der Waals surface area contributed by atoms with Gasteiger partial charge in [-0.2, -0.15) is 5.26 Å². The second-order valence-electron chi connectivity index (χ2n) is 1.68. The van der Waals surface area contributed by atoms with Crippen LogP contribution in [0.1, 0.15) is 19.4 Å². The summed E-state index contributed by atoms with van der Waals surface area (Å²) in [6.45, 7) is 4.00. The van der Waals surface area contributed by atoms with Gasteiger partial charge in [-0.05, 0) is 6.07 Å². The highest BCUT2D eigenvalue weighted by molar-refractivity contribution is 5.24. The van der Waals surface area contributed by atoms with Gasteiger partial charge in [-0.25, -0.2) is 0 Å². The van der Waals surface area contributed by atoms with E-state index in [0.29, 0.717) is 5.56 Å². The highest BCUT2D eigenvalue weighted by Crippen LogP contribution is 1.94. The fourth-order valence-corrected chi connectivity index (χ4v) is 0.569. The van der Waals surface area contributed by atoms with Crippen molar-refractivity contribution in [2.24, 2.45) is 7.05 Å². The van der Waals surface area contributed by atoms with E-state index in [0.717, 1.165) is 0 Å². The van der Waals surface area contributed by atoms with Gasteiger partial charge in [0, 0.05) is 19.4 Å². The third kappa shape index (κ3) is 2.36. The molecule has 0 unspecified atom stereocenters. The maximum atomic E-state index is 8.29. The minimum atomic E-state index is 0.715. The molecule has 1 heterocycles. The maximum absolute atomic E-state index is 8.29. The van der Waals surface area contributed by atoms with E-state index in [9.17, 15) is 0 Å². The largest absolute Gasteiger partial charge is 0.356 e. The van der Waals surface area contributed by atoms with Gasteiger partial charge >= 0.3 is 0 Å². The lowest BCUT2D eigenvalue weighted by atomic mass is 10.4. The van der Waals surface area contributed by atoms with Crippen molar-refractivity contribution in [3.63, 3.8) is 0 Å². The Hall–Kier alpha value is -1.23. The average Bonchev–Trinajstić information content (AvgIpc) is 2.40. The molecule has 1 rings (SSSR count). The summed E-state index contributed by atoms with van der Waals surface area (Å²) in [5, 5.41) is 8.29. The first-order valence-electron chi connectivity index (χ1n) is 3.35. The number of hydrogen-bond acceptors (Lipinski definition) is 1. The van der Waals surface area contributed by atoms with E-state index in [4.69, 9.17) is 5.26 Å². The number of aromatic nitrogens is 1. The van der Waals surface area contributed by atoms with Crippen molar-refractivity contribution >= 4 is 0 Å². The van der Waals surface area contributed by atoms with Gasteiger partial charge in [0.1, 0.15) is 6.07 Å². The second kappa shape index (κ2) is 4.63. The molecule has 1 aromatic heterocycles. The SMILES string of the molecule is CC.Cn1ccc(C#N)c1. The first kappa shape index (κ1) is 8.77. The zero-order valence-corrected chi connectivity index (χ0v) is 6.63. The lowest BCUT2D eigenvalue weighted by molar-refractivity contribution is 0.927. The molecule has 2 heteroatoms. The lowest BCUT2D eigenvalue weighted by Crippen LogP contribution is -1.76. The monoisotopic (exact) mass is 136 g/mol. The predicted octanol–water partition coefficient (Wildman–Crippen LogP) is 1.92. The minimum Gasteiger partial charge on any atom is -0.356 e. The van der Waals surface area contributed by atoms with Crippen molar-refractivity contribution in [2.45, 2.75) is 13.8 Å². The molecule has 0 aliphatic carbocycles. The first-order valence-corrected chi connectivity index (χ1v) is 3.35. The van der Waals surface area contributed by atoms with Crippen LogP contribution in [-0.2, 0) is 7.05 Å². The molecule has 0 saturated carbocycles. The van der Waals surface area contributed by atoms with E-state index >= 15 is 0 Å². The summed E-state index contributed by atoms with van der Waals surface area (Å²) >= 11 is 0. The molecule has 10 heavy (non-hydrogen) atoms. The molecule has 0 radical (unpaired) electrons. The average molecular weight is 136 g/mol. The van der Waals surface area contributed by atoms with E-state index in [2.05, 4.69) is 0 Å². The standard InChI is InChI=1S/C6H6N2.C2H6/c1-8-3-2-6(4-7)5-8;1-2/h2-3,5H,1H3;1-2H3. The van der Waals surface area contributed by atoms with E-state index in [1.165, 1.54) is 0 Å². The van der Waals surface area contributed by atoms with E-state index in [1.807, 2.05) is 37.7 Å². The zero-order chi connectivity index (χ0) is 7.98. The molecule has 0 aliphatic heterocycles. The Morgan fingerprint density at radius 2 is 2.10 bits per heavy atom. The fraction of sp³-hybridized carbons (Fsp3) is 0.375. The summed E-state index contributed by atoms with van der Waals surface area (Å²) < 4.78 is 1.85. The summed E-state index contributed by atoms with van der Waals surface area (Å²) in [5.74, 6) is 0. The molecule has 0 spiro atoms. The van der Waals surface area contributed by atoms with Gasteiger partial charge in [-0.15, -0.1) is 0 Å². The number of hydrogen-bond donors (Lipinski definition) is 0. The number of nitrogens with zero attached hydrogens (tertiary/aromatic N) is 2. The van der Waals surface area contributed by atoms with Crippen LogP contribution in [-0.4, -0.2) is 4.57 Å². The summed E-state index contributed by atoms with van der Waals surface area (Å²) in [5.41, 5.74) is 0.715. The zero-order valence-electron chi connectivity index (χ0n) is 6.63. The molecule has 0 aliphatic rings. The molecule has 0 bridgehead atoms. The van der Waals surface area contributed by atoms with Crippen molar-refractivity contribution in [1.82, 2.24) is 4.57 Å².